The zero-order valence-electron chi connectivity index (χ0n) is 7.78. The topological polar surface area (TPSA) is 17.1 Å². The summed E-state index contributed by atoms with van der Waals surface area (Å²) in [6, 6.07) is 4.00. The van der Waals surface area contributed by atoms with Crippen molar-refractivity contribution in [3.8, 4) is 0 Å². The Bertz CT molecular complexity index is 485. The number of aldehydes is 1. The molecule has 2 aromatic rings. The van der Waals surface area contributed by atoms with Crippen molar-refractivity contribution in [1.82, 2.24) is 0 Å². The van der Waals surface area contributed by atoms with Gasteiger partial charge in [-0.2, -0.15) is 0 Å². The number of carbonyl (C=O) groups is 1. The van der Waals surface area contributed by atoms with Crippen LogP contribution in [0.1, 0.15) is 22.8 Å². The molecule has 0 radical (unpaired) electrons. The van der Waals surface area contributed by atoms with Crippen LogP contribution in [0, 0.1) is 0 Å². The van der Waals surface area contributed by atoms with Crippen LogP contribution < -0.4 is 0 Å². The number of thiol groups is 1. The van der Waals surface area contributed by atoms with Crippen LogP contribution in [0.2, 0.25) is 0 Å². The third-order valence-electron chi connectivity index (χ3n) is 2.35. The highest BCUT2D eigenvalue weighted by Gasteiger charge is 2.09. The molecule has 0 aliphatic rings. The van der Waals surface area contributed by atoms with E-state index in [1.54, 1.807) is 11.3 Å². The van der Waals surface area contributed by atoms with Gasteiger partial charge in [-0.3, -0.25) is 4.79 Å². The second-order valence-corrected chi connectivity index (χ2v) is 4.49. The summed E-state index contributed by atoms with van der Waals surface area (Å²) in [7, 11) is 0. The molecular weight excluding hydrogens is 212 g/mol. The maximum Gasteiger partial charge on any atom is 0.150 e. The van der Waals surface area contributed by atoms with E-state index in [0.29, 0.717) is 0 Å². The molecule has 1 aromatic heterocycles. The average molecular weight is 222 g/mol. The first-order valence-corrected chi connectivity index (χ1v) is 5.77. The van der Waals surface area contributed by atoms with Gasteiger partial charge in [0, 0.05) is 20.5 Å². The van der Waals surface area contributed by atoms with Crippen LogP contribution >= 0.6 is 24.0 Å². The van der Waals surface area contributed by atoms with Crippen LogP contribution in [0.3, 0.4) is 0 Å². The average Bonchev–Trinajstić information content (AvgIpc) is 2.65. The third kappa shape index (κ3) is 1.37. The Morgan fingerprint density at radius 1 is 1.57 bits per heavy atom. The monoisotopic (exact) mass is 222 g/mol. The van der Waals surface area contributed by atoms with E-state index in [-0.39, 0.29) is 0 Å². The summed E-state index contributed by atoms with van der Waals surface area (Å²) in [6.07, 6.45) is 1.76. The van der Waals surface area contributed by atoms with Gasteiger partial charge in [-0.1, -0.05) is 6.92 Å². The molecule has 0 aliphatic heterocycles. The van der Waals surface area contributed by atoms with E-state index in [4.69, 9.17) is 0 Å². The predicted octanol–water partition coefficient (Wildman–Crippen LogP) is 3.56. The first kappa shape index (κ1) is 9.74. The molecule has 3 heteroatoms. The van der Waals surface area contributed by atoms with Gasteiger partial charge in [0.1, 0.15) is 6.29 Å². The van der Waals surface area contributed by atoms with E-state index in [1.165, 1.54) is 0 Å². The minimum atomic E-state index is 0.771. The molecule has 72 valence electrons. The van der Waals surface area contributed by atoms with E-state index >= 15 is 0 Å². The number of thiophene rings is 1. The van der Waals surface area contributed by atoms with Crippen molar-refractivity contribution in [3.05, 3.63) is 28.6 Å². The lowest BCUT2D eigenvalue weighted by molar-refractivity contribution is 0.112. The molecule has 1 nitrogen and oxygen atoms in total. The Hall–Kier alpha value is -0.800. The summed E-state index contributed by atoms with van der Waals surface area (Å²) in [6.45, 7) is 2.04. The maximum absolute atomic E-state index is 10.9. The van der Waals surface area contributed by atoms with E-state index in [0.717, 1.165) is 38.8 Å². The van der Waals surface area contributed by atoms with Crippen molar-refractivity contribution in [2.24, 2.45) is 0 Å². The minimum Gasteiger partial charge on any atom is -0.298 e. The summed E-state index contributed by atoms with van der Waals surface area (Å²) in [4.78, 5) is 11.8. The van der Waals surface area contributed by atoms with Crippen molar-refractivity contribution < 1.29 is 4.79 Å². The Kier molecular flexibility index (Phi) is 2.61. The molecule has 0 aliphatic carbocycles. The van der Waals surface area contributed by atoms with Crippen molar-refractivity contribution in [2.45, 2.75) is 18.2 Å². The van der Waals surface area contributed by atoms with Crippen molar-refractivity contribution in [3.63, 3.8) is 0 Å². The van der Waals surface area contributed by atoms with Gasteiger partial charge in [-0.15, -0.1) is 24.0 Å². The van der Waals surface area contributed by atoms with Gasteiger partial charge in [-0.05, 0) is 29.5 Å². The number of fused-ring (bicyclic) bond motifs is 1. The molecule has 0 saturated carbocycles. The molecule has 0 amide bonds. The zero-order valence-corrected chi connectivity index (χ0v) is 9.49. The van der Waals surface area contributed by atoms with Crippen LogP contribution in [0.5, 0.6) is 0 Å². The van der Waals surface area contributed by atoms with Gasteiger partial charge in [0.2, 0.25) is 0 Å². The second kappa shape index (κ2) is 3.75. The molecule has 2 rings (SSSR count). The predicted molar refractivity (Wildman–Crippen MR) is 63.8 cm³/mol. The van der Waals surface area contributed by atoms with Crippen molar-refractivity contribution in [2.75, 3.05) is 0 Å². The maximum atomic E-state index is 10.9. The molecule has 0 fully saturated rings. The summed E-state index contributed by atoms with van der Waals surface area (Å²) in [5, 5.41) is 3.18. The lowest BCUT2D eigenvalue weighted by Gasteiger charge is -2.06. The second-order valence-electron chi connectivity index (χ2n) is 3.10. The van der Waals surface area contributed by atoms with Gasteiger partial charge in [0.05, 0.1) is 0 Å². The normalized spacial score (nSPS) is 10.7. The number of hydrogen-bond donors (Lipinski definition) is 1. The molecule has 0 saturated heterocycles. The van der Waals surface area contributed by atoms with Gasteiger partial charge < -0.3 is 0 Å². The first-order valence-electron chi connectivity index (χ1n) is 4.45. The SMILES string of the molecule is CCc1c(C=O)cc2sccc2c1S. The largest absolute Gasteiger partial charge is 0.298 e. The Balaban J connectivity index is 2.85. The van der Waals surface area contributed by atoms with Gasteiger partial charge in [-0.25, -0.2) is 0 Å². The van der Waals surface area contributed by atoms with Gasteiger partial charge in [0.25, 0.3) is 0 Å². The molecule has 0 spiro atoms. The molecule has 1 aromatic carbocycles. The van der Waals surface area contributed by atoms with E-state index < -0.39 is 0 Å². The smallest absolute Gasteiger partial charge is 0.150 e. The fourth-order valence-corrected chi connectivity index (χ4v) is 3.03. The lowest BCUT2D eigenvalue weighted by atomic mass is 10.0. The highest BCUT2D eigenvalue weighted by atomic mass is 32.1. The van der Waals surface area contributed by atoms with Gasteiger partial charge >= 0.3 is 0 Å². The number of carbonyl (C=O) groups excluding carboxylic acids is 1. The fourth-order valence-electron chi connectivity index (χ4n) is 1.63. The molecule has 0 unspecified atom stereocenters. The molecule has 0 bridgehead atoms. The van der Waals surface area contributed by atoms with E-state index in [9.17, 15) is 4.79 Å². The number of benzene rings is 1. The third-order valence-corrected chi connectivity index (χ3v) is 3.73. The Labute approximate surface area is 92.2 Å². The molecule has 0 N–H and O–H groups in total. The van der Waals surface area contributed by atoms with E-state index in [1.807, 2.05) is 18.4 Å². The standard InChI is InChI=1S/C11H10OS2/c1-2-8-7(6-12)5-10-9(11(8)13)3-4-14-10/h3-6,13H,2H2,1H3. The summed E-state index contributed by atoms with van der Waals surface area (Å²) >= 11 is 6.12. The summed E-state index contributed by atoms with van der Waals surface area (Å²) < 4.78 is 1.13. The molecule has 0 atom stereocenters. The highest BCUT2D eigenvalue weighted by Crippen LogP contribution is 2.32. The Morgan fingerprint density at radius 3 is 3.00 bits per heavy atom. The van der Waals surface area contributed by atoms with Crippen molar-refractivity contribution >= 4 is 40.3 Å². The van der Waals surface area contributed by atoms with E-state index in [2.05, 4.69) is 18.7 Å². The van der Waals surface area contributed by atoms with Crippen LogP contribution in [0.15, 0.2) is 22.4 Å². The van der Waals surface area contributed by atoms with Crippen LogP contribution in [0.25, 0.3) is 10.1 Å². The number of rotatable bonds is 2. The van der Waals surface area contributed by atoms with Crippen LogP contribution in [-0.2, 0) is 6.42 Å². The molecule has 1 heterocycles. The van der Waals surface area contributed by atoms with Crippen LogP contribution in [0.4, 0.5) is 0 Å². The fraction of sp³-hybridized carbons (Fsp3) is 0.182. The highest BCUT2D eigenvalue weighted by molar-refractivity contribution is 7.80. The summed E-state index contributed by atoms with van der Waals surface area (Å²) in [5.41, 5.74) is 1.82. The first-order chi connectivity index (χ1) is 6.77. The Morgan fingerprint density at radius 2 is 2.36 bits per heavy atom. The minimum absolute atomic E-state index is 0.771. The lowest BCUT2D eigenvalue weighted by Crippen LogP contribution is -1.92. The molecular formula is C11H10OS2. The quantitative estimate of drug-likeness (QED) is 0.607. The summed E-state index contributed by atoms with van der Waals surface area (Å²) in [5.74, 6) is 0. The van der Waals surface area contributed by atoms with Crippen LogP contribution in [-0.4, -0.2) is 6.29 Å². The zero-order chi connectivity index (χ0) is 10.1. The molecule has 14 heavy (non-hydrogen) atoms. The van der Waals surface area contributed by atoms with Gasteiger partial charge in [0.15, 0.2) is 0 Å². The van der Waals surface area contributed by atoms with Crippen molar-refractivity contribution in [1.29, 1.82) is 0 Å². The number of hydrogen-bond acceptors (Lipinski definition) is 3.